The van der Waals surface area contributed by atoms with E-state index in [4.69, 9.17) is 5.11 Å². The minimum absolute atomic E-state index is 0.112. The summed E-state index contributed by atoms with van der Waals surface area (Å²) in [7, 11) is 0. The molecular weight excluding hydrogens is 319 g/mol. The zero-order chi connectivity index (χ0) is 14.0. The van der Waals surface area contributed by atoms with Crippen LogP contribution >= 0.6 is 15.9 Å². The van der Waals surface area contributed by atoms with Crippen LogP contribution in [0.25, 0.3) is 11.3 Å². The first-order valence-electron chi connectivity index (χ1n) is 5.22. The molecule has 19 heavy (non-hydrogen) atoms. The monoisotopic (exact) mass is 326 g/mol. The number of carboxylic acid groups (broad SMARTS) is 1. The van der Waals surface area contributed by atoms with Crippen molar-refractivity contribution >= 4 is 21.9 Å². The SMILES string of the molecule is O=C(O)Cn1cnc(-c2ccccc2Br)c(F)c1=O. The summed E-state index contributed by atoms with van der Waals surface area (Å²) in [5.41, 5.74) is -0.693. The standard InChI is InChI=1S/C12H8BrFN2O3/c13-8-4-2-1-3-7(8)11-10(14)12(19)16(6-15-11)5-9(17)18/h1-4,6H,5H2,(H,17,18). The molecule has 0 atom stereocenters. The maximum Gasteiger partial charge on any atom is 0.323 e. The summed E-state index contributed by atoms with van der Waals surface area (Å²) in [5.74, 6) is -2.31. The molecule has 5 nitrogen and oxygen atoms in total. The molecule has 0 fully saturated rings. The van der Waals surface area contributed by atoms with Gasteiger partial charge in [0.05, 0.1) is 6.33 Å². The second kappa shape index (κ2) is 5.31. The number of rotatable bonds is 3. The number of nitrogens with zero attached hydrogens (tertiary/aromatic N) is 2. The first-order valence-corrected chi connectivity index (χ1v) is 6.01. The van der Waals surface area contributed by atoms with Crippen LogP contribution in [0, 0.1) is 5.82 Å². The average molecular weight is 327 g/mol. The fraction of sp³-hybridized carbons (Fsp3) is 0.0833. The van der Waals surface area contributed by atoms with Gasteiger partial charge in [-0.05, 0) is 6.07 Å². The van der Waals surface area contributed by atoms with E-state index in [-0.39, 0.29) is 5.69 Å². The smallest absolute Gasteiger partial charge is 0.323 e. The van der Waals surface area contributed by atoms with E-state index in [0.717, 1.165) is 6.33 Å². The molecule has 2 rings (SSSR count). The van der Waals surface area contributed by atoms with Gasteiger partial charge in [0.1, 0.15) is 12.2 Å². The molecule has 0 aliphatic heterocycles. The van der Waals surface area contributed by atoms with Crippen LogP contribution in [-0.4, -0.2) is 20.6 Å². The van der Waals surface area contributed by atoms with Gasteiger partial charge < -0.3 is 5.11 Å². The highest BCUT2D eigenvalue weighted by Gasteiger charge is 2.16. The molecule has 1 heterocycles. The summed E-state index contributed by atoms with van der Waals surface area (Å²) in [6.07, 6.45) is 1.02. The molecule has 98 valence electrons. The molecule has 1 N–H and O–H groups in total. The lowest BCUT2D eigenvalue weighted by Crippen LogP contribution is -2.27. The Bertz CT molecular complexity index is 700. The first-order chi connectivity index (χ1) is 9.00. The summed E-state index contributed by atoms with van der Waals surface area (Å²) in [6, 6.07) is 6.73. The van der Waals surface area contributed by atoms with Gasteiger partial charge in [0.2, 0.25) is 5.82 Å². The lowest BCUT2D eigenvalue weighted by Gasteiger charge is -2.07. The Morgan fingerprint density at radius 1 is 1.42 bits per heavy atom. The maximum absolute atomic E-state index is 14.0. The quantitative estimate of drug-likeness (QED) is 0.935. The number of aliphatic carboxylic acids is 1. The summed E-state index contributed by atoms with van der Waals surface area (Å²) < 4.78 is 15.3. The molecule has 1 aromatic heterocycles. The van der Waals surface area contributed by atoms with Crippen LogP contribution in [0.4, 0.5) is 4.39 Å². The van der Waals surface area contributed by atoms with Gasteiger partial charge in [0, 0.05) is 10.0 Å². The highest BCUT2D eigenvalue weighted by Crippen LogP contribution is 2.26. The van der Waals surface area contributed by atoms with Crippen molar-refractivity contribution in [2.75, 3.05) is 0 Å². The molecule has 0 spiro atoms. The van der Waals surface area contributed by atoms with Gasteiger partial charge in [-0.15, -0.1) is 0 Å². The molecule has 0 unspecified atom stereocenters. The Balaban J connectivity index is 2.57. The van der Waals surface area contributed by atoms with E-state index in [1.807, 2.05) is 0 Å². The zero-order valence-electron chi connectivity index (χ0n) is 9.51. The molecule has 2 aromatic rings. The summed E-state index contributed by atoms with van der Waals surface area (Å²) in [6.45, 7) is -0.626. The Hall–Kier alpha value is -2.02. The fourth-order valence-electron chi connectivity index (χ4n) is 1.56. The topological polar surface area (TPSA) is 72.2 Å². The minimum atomic E-state index is -1.24. The van der Waals surface area contributed by atoms with Crippen LogP contribution < -0.4 is 5.56 Å². The van der Waals surface area contributed by atoms with Crippen molar-refractivity contribution in [1.29, 1.82) is 0 Å². The lowest BCUT2D eigenvalue weighted by molar-refractivity contribution is -0.137. The van der Waals surface area contributed by atoms with Gasteiger partial charge in [-0.25, -0.2) is 4.98 Å². The third-order valence-electron chi connectivity index (χ3n) is 2.42. The number of carbonyl (C=O) groups is 1. The highest BCUT2D eigenvalue weighted by atomic mass is 79.9. The molecular formula is C12H8BrFN2O3. The maximum atomic E-state index is 14.0. The molecule has 0 saturated carbocycles. The van der Waals surface area contributed by atoms with Gasteiger partial charge in [-0.1, -0.05) is 34.1 Å². The predicted octanol–water partition coefficient (Wildman–Crippen LogP) is 1.90. The first kappa shape index (κ1) is 13.4. The molecule has 0 amide bonds. The van der Waals surface area contributed by atoms with E-state index >= 15 is 0 Å². The Morgan fingerprint density at radius 3 is 2.74 bits per heavy atom. The van der Waals surface area contributed by atoms with E-state index in [2.05, 4.69) is 20.9 Å². The second-order valence-corrected chi connectivity index (χ2v) is 4.57. The fourth-order valence-corrected chi connectivity index (χ4v) is 2.04. The molecule has 0 aliphatic carbocycles. The molecule has 7 heteroatoms. The van der Waals surface area contributed by atoms with E-state index in [0.29, 0.717) is 14.6 Å². The Kier molecular flexibility index (Phi) is 3.75. The van der Waals surface area contributed by atoms with Crippen LogP contribution in [0.3, 0.4) is 0 Å². The highest BCUT2D eigenvalue weighted by molar-refractivity contribution is 9.10. The van der Waals surface area contributed by atoms with Crippen LogP contribution in [0.15, 0.2) is 39.9 Å². The van der Waals surface area contributed by atoms with Crippen molar-refractivity contribution in [3.8, 4) is 11.3 Å². The predicted molar refractivity (Wildman–Crippen MR) is 69.2 cm³/mol. The van der Waals surface area contributed by atoms with Crippen molar-refractivity contribution in [2.24, 2.45) is 0 Å². The lowest BCUT2D eigenvalue weighted by atomic mass is 10.1. The van der Waals surface area contributed by atoms with Crippen molar-refractivity contribution < 1.29 is 14.3 Å². The van der Waals surface area contributed by atoms with Crippen molar-refractivity contribution in [2.45, 2.75) is 6.54 Å². The van der Waals surface area contributed by atoms with Crippen LogP contribution in [-0.2, 0) is 11.3 Å². The van der Waals surface area contributed by atoms with Crippen LogP contribution in [0.5, 0.6) is 0 Å². The third-order valence-corrected chi connectivity index (χ3v) is 3.11. The zero-order valence-corrected chi connectivity index (χ0v) is 11.1. The van der Waals surface area contributed by atoms with E-state index in [1.165, 1.54) is 0 Å². The second-order valence-electron chi connectivity index (χ2n) is 3.71. The summed E-state index contributed by atoms with van der Waals surface area (Å²) in [5, 5.41) is 8.60. The normalized spacial score (nSPS) is 10.4. The number of aromatic nitrogens is 2. The number of benzene rings is 1. The Labute approximate surface area is 115 Å². The molecule has 0 saturated heterocycles. The van der Waals surface area contributed by atoms with Gasteiger partial charge >= 0.3 is 5.97 Å². The number of carboxylic acids is 1. The van der Waals surface area contributed by atoms with Gasteiger partial charge in [0.15, 0.2) is 0 Å². The number of hydrogen-bond donors (Lipinski definition) is 1. The van der Waals surface area contributed by atoms with Crippen molar-refractivity contribution in [3.63, 3.8) is 0 Å². The average Bonchev–Trinajstić information content (AvgIpc) is 2.36. The van der Waals surface area contributed by atoms with E-state index < -0.39 is 23.9 Å². The summed E-state index contributed by atoms with van der Waals surface area (Å²) >= 11 is 3.24. The van der Waals surface area contributed by atoms with Crippen LogP contribution in [0.1, 0.15) is 0 Å². The molecule has 0 radical (unpaired) electrons. The van der Waals surface area contributed by atoms with E-state index in [1.54, 1.807) is 24.3 Å². The van der Waals surface area contributed by atoms with E-state index in [9.17, 15) is 14.0 Å². The number of halogens is 2. The third kappa shape index (κ3) is 2.70. The van der Waals surface area contributed by atoms with Gasteiger partial charge in [0.25, 0.3) is 5.56 Å². The van der Waals surface area contributed by atoms with Gasteiger partial charge in [-0.3, -0.25) is 14.2 Å². The van der Waals surface area contributed by atoms with Crippen molar-refractivity contribution in [1.82, 2.24) is 9.55 Å². The molecule has 1 aromatic carbocycles. The minimum Gasteiger partial charge on any atom is -0.480 e. The Morgan fingerprint density at radius 2 is 2.11 bits per heavy atom. The van der Waals surface area contributed by atoms with Gasteiger partial charge in [-0.2, -0.15) is 4.39 Å². The largest absolute Gasteiger partial charge is 0.480 e. The number of hydrogen-bond acceptors (Lipinski definition) is 3. The van der Waals surface area contributed by atoms with Crippen LogP contribution in [0.2, 0.25) is 0 Å². The molecule has 0 bridgehead atoms. The molecule has 0 aliphatic rings. The van der Waals surface area contributed by atoms with Crippen molar-refractivity contribution in [3.05, 3.63) is 51.2 Å². The summed E-state index contributed by atoms with van der Waals surface area (Å²) in [4.78, 5) is 26.0.